The Kier molecular flexibility index (Phi) is 24.0. The third-order valence-corrected chi connectivity index (χ3v) is 5.93. The van der Waals surface area contributed by atoms with Crippen LogP contribution in [0.15, 0.2) is 24.3 Å². The Hall–Kier alpha value is -3.45. The lowest BCUT2D eigenvalue weighted by Crippen LogP contribution is -2.36. The molecule has 0 aromatic carbocycles. The zero-order chi connectivity index (χ0) is 33.2. The molecular formula is C31H52N2O11. The van der Waals surface area contributed by atoms with Crippen LogP contribution in [0.25, 0.3) is 0 Å². The second kappa shape index (κ2) is 26.0. The standard InChI is InChI=1S/C31H52N2O11/c1-23(2)28(35)42-21-15-32-27(34)25(5)39-17-11-7-9-13-19-41-30(37)26(6)40-18-12-8-10-14-20-44-31(38)33-16-22-43-29(36)24(3)4/h25-26H,1,3,7-22H2,2,4-6H3,(H,32,34)(H,33,38). The molecule has 0 aliphatic carbocycles. The van der Waals surface area contributed by atoms with E-state index >= 15 is 0 Å². The number of carbonyl (C=O) groups is 5. The van der Waals surface area contributed by atoms with Crippen molar-refractivity contribution in [3.63, 3.8) is 0 Å². The minimum atomic E-state index is -0.643. The van der Waals surface area contributed by atoms with Crippen LogP contribution < -0.4 is 10.6 Å². The highest BCUT2D eigenvalue weighted by molar-refractivity contribution is 5.87. The van der Waals surface area contributed by atoms with Crippen molar-refractivity contribution in [3.05, 3.63) is 24.3 Å². The summed E-state index contributed by atoms with van der Waals surface area (Å²) in [6, 6.07) is 0. The Labute approximate surface area is 261 Å². The van der Waals surface area contributed by atoms with E-state index in [0.29, 0.717) is 37.4 Å². The molecule has 0 radical (unpaired) electrons. The van der Waals surface area contributed by atoms with E-state index in [9.17, 15) is 24.0 Å². The Morgan fingerprint density at radius 1 is 0.545 bits per heavy atom. The molecule has 2 N–H and O–H groups in total. The maximum absolute atomic E-state index is 12.1. The highest BCUT2D eigenvalue weighted by atomic mass is 16.6. The van der Waals surface area contributed by atoms with Crippen molar-refractivity contribution in [2.45, 2.75) is 91.3 Å². The SMILES string of the molecule is C=C(C)C(=O)OCCNC(=O)OCCCCCCOC(C)C(=O)OCCCCCCOC(C)C(=O)NCCOC(=O)C(=C)C. The summed E-state index contributed by atoms with van der Waals surface area (Å²) in [4.78, 5) is 58.1. The monoisotopic (exact) mass is 628 g/mol. The summed E-state index contributed by atoms with van der Waals surface area (Å²) in [6.45, 7) is 15.3. The Bertz CT molecular complexity index is 907. The number of hydrogen-bond donors (Lipinski definition) is 2. The van der Waals surface area contributed by atoms with Gasteiger partial charge in [0.25, 0.3) is 0 Å². The summed E-state index contributed by atoms with van der Waals surface area (Å²) in [6.07, 6.45) is 4.59. The molecule has 0 aliphatic heterocycles. The lowest BCUT2D eigenvalue weighted by molar-refractivity contribution is -0.156. The molecule has 0 spiro atoms. The first kappa shape index (κ1) is 40.5. The highest BCUT2D eigenvalue weighted by Gasteiger charge is 2.15. The van der Waals surface area contributed by atoms with E-state index in [4.69, 9.17) is 28.4 Å². The van der Waals surface area contributed by atoms with Gasteiger partial charge in [0.15, 0.2) is 6.10 Å². The zero-order valence-corrected chi connectivity index (χ0v) is 26.9. The lowest BCUT2D eigenvalue weighted by Gasteiger charge is -2.14. The summed E-state index contributed by atoms with van der Waals surface area (Å²) in [5.41, 5.74) is 0.602. The summed E-state index contributed by atoms with van der Waals surface area (Å²) in [5, 5.41) is 5.15. The van der Waals surface area contributed by atoms with Crippen molar-refractivity contribution < 1.29 is 52.4 Å². The maximum Gasteiger partial charge on any atom is 0.407 e. The number of nitrogens with one attached hydrogen (secondary N) is 2. The van der Waals surface area contributed by atoms with Crippen LogP contribution in [0.1, 0.15) is 79.1 Å². The summed E-state index contributed by atoms with van der Waals surface area (Å²) in [7, 11) is 0. The van der Waals surface area contributed by atoms with Crippen molar-refractivity contribution in [1.82, 2.24) is 10.6 Å². The molecule has 0 aliphatic rings. The fourth-order valence-electron chi connectivity index (χ4n) is 3.29. The predicted octanol–water partition coefficient (Wildman–Crippen LogP) is 3.54. The molecule has 0 aromatic heterocycles. The van der Waals surface area contributed by atoms with Crippen LogP contribution in [0.3, 0.4) is 0 Å². The topological polar surface area (TPSA) is 165 Å². The van der Waals surface area contributed by atoms with E-state index in [-0.39, 0.29) is 38.8 Å². The smallest absolute Gasteiger partial charge is 0.407 e. The van der Waals surface area contributed by atoms with Crippen LogP contribution in [0, 0.1) is 0 Å². The Morgan fingerprint density at radius 2 is 0.977 bits per heavy atom. The molecule has 44 heavy (non-hydrogen) atoms. The number of hydrogen-bond acceptors (Lipinski definition) is 11. The average Bonchev–Trinajstić information content (AvgIpc) is 2.98. The molecule has 2 amide bonds. The highest BCUT2D eigenvalue weighted by Crippen LogP contribution is 2.06. The molecule has 2 atom stereocenters. The van der Waals surface area contributed by atoms with E-state index in [1.165, 1.54) is 0 Å². The largest absolute Gasteiger partial charge is 0.464 e. The number of esters is 3. The first-order valence-corrected chi connectivity index (χ1v) is 15.2. The van der Waals surface area contributed by atoms with E-state index in [1.54, 1.807) is 27.7 Å². The number of ether oxygens (including phenoxy) is 6. The van der Waals surface area contributed by atoms with Gasteiger partial charge in [-0.1, -0.05) is 26.0 Å². The zero-order valence-electron chi connectivity index (χ0n) is 26.9. The summed E-state index contributed by atoms with van der Waals surface area (Å²) >= 11 is 0. The summed E-state index contributed by atoms with van der Waals surface area (Å²) in [5.74, 6) is -1.66. The van der Waals surface area contributed by atoms with Gasteiger partial charge in [0.2, 0.25) is 5.91 Å². The first-order valence-electron chi connectivity index (χ1n) is 15.2. The van der Waals surface area contributed by atoms with Gasteiger partial charge < -0.3 is 39.1 Å². The lowest BCUT2D eigenvalue weighted by atomic mass is 10.2. The van der Waals surface area contributed by atoms with E-state index < -0.39 is 36.2 Å². The molecule has 13 nitrogen and oxygen atoms in total. The van der Waals surface area contributed by atoms with Crippen LogP contribution in [-0.4, -0.2) is 94.8 Å². The van der Waals surface area contributed by atoms with Gasteiger partial charge in [-0.25, -0.2) is 19.2 Å². The molecular weight excluding hydrogens is 576 g/mol. The molecule has 13 heteroatoms. The quantitative estimate of drug-likeness (QED) is 0.0623. The number of carbonyl (C=O) groups excluding carboxylic acids is 5. The third-order valence-electron chi connectivity index (χ3n) is 5.93. The van der Waals surface area contributed by atoms with Crippen molar-refractivity contribution in [2.24, 2.45) is 0 Å². The molecule has 0 saturated carbocycles. The van der Waals surface area contributed by atoms with Gasteiger partial charge in [-0.15, -0.1) is 0 Å². The molecule has 0 aromatic rings. The number of unbranched alkanes of at least 4 members (excludes halogenated alkanes) is 6. The third kappa shape index (κ3) is 23.1. The minimum Gasteiger partial charge on any atom is -0.464 e. The maximum atomic E-state index is 12.1. The van der Waals surface area contributed by atoms with Gasteiger partial charge in [-0.2, -0.15) is 0 Å². The van der Waals surface area contributed by atoms with Gasteiger partial charge in [-0.3, -0.25) is 4.79 Å². The summed E-state index contributed by atoms with van der Waals surface area (Å²) < 4.78 is 31.2. The first-order chi connectivity index (χ1) is 21.0. The Balaban J connectivity index is 3.60. The van der Waals surface area contributed by atoms with Gasteiger partial charge in [0.1, 0.15) is 19.3 Å². The average molecular weight is 629 g/mol. The molecule has 252 valence electrons. The van der Waals surface area contributed by atoms with Crippen molar-refractivity contribution in [3.8, 4) is 0 Å². The van der Waals surface area contributed by atoms with E-state index in [1.807, 2.05) is 0 Å². The second-order valence-corrected chi connectivity index (χ2v) is 10.2. The number of alkyl carbamates (subject to hydrolysis) is 1. The van der Waals surface area contributed by atoms with Crippen LogP contribution in [-0.2, 0) is 47.6 Å². The molecule has 0 fully saturated rings. The van der Waals surface area contributed by atoms with Crippen LogP contribution in [0.2, 0.25) is 0 Å². The number of amides is 2. The normalized spacial score (nSPS) is 11.9. The fourth-order valence-corrected chi connectivity index (χ4v) is 3.29. The van der Waals surface area contributed by atoms with Gasteiger partial charge in [0.05, 0.1) is 26.3 Å². The predicted molar refractivity (Wildman–Crippen MR) is 163 cm³/mol. The molecule has 2 unspecified atom stereocenters. The van der Waals surface area contributed by atoms with E-state index in [2.05, 4.69) is 23.8 Å². The van der Waals surface area contributed by atoms with Crippen molar-refractivity contribution in [2.75, 3.05) is 52.7 Å². The van der Waals surface area contributed by atoms with Crippen LogP contribution in [0.4, 0.5) is 4.79 Å². The van der Waals surface area contributed by atoms with Gasteiger partial charge >= 0.3 is 24.0 Å². The number of rotatable bonds is 26. The molecule has 0 bridgehead atoms. The van der Waals surface area contributed by atoms with Crippen LogP contribution >= 0.6 is 0 Å². The molecule has 0 heterocycles. The second-order valence-electron chi connectivity index (χ2n) is 10.2. The van der Waals surface area contributed by atoms with E-state index in [0.717, 1.165) is 44.9 Å². The van der Waals surface area contributed by atoms with Crippen LogP contribution in [0.5, 0.6) is 0 Å². The van der Waals surface area contributed by atoms with Gasteiger partial charge in [-0.05, 0) is 66.2 Å². The van der Waals surface area contributed by atoms with Gasteiger partial charge in [0, 0.05) is 24.4 Å². The van der Waals surface area contributed by atoms with Crippen molar-refractivity contribution in [1.29, 1.82) is 0 Å². The Morgan fingerprint density at radius 3 is 1.48 bits per heavy atom. The minimum absolute atomic E-state index is 0.0496. The van der Waals surface area contributed by atoms with Crippen molar-refractivity contribution >= 4 is 29.9 Å². The fraction of sp³-hybridized carbons (Fsp3) is 0.710. The molecule has 0 saturated heterocycles. The molecule has 0 rings (SSSR count).